The molecule has 2 aliphatic rings. The summed E-state index contributed by atoms with van der Waals surface area (Å²) in [7, 11) is 0. The van der Waals surface area contributed by atoms with Crippen LogP contribution in [0.5, 0.6) is 0 Å². The Labute approximate surface area is 97.5 Å². The van der Waals surface area contributed by atoms with E-state index < -0.39 is 0 Å². The Morgan fingerprint density at radius 1 is 1.19 bits per heavy atom. The van der Waals surface area contributed by atoms with E-state index in [0.717, 1.165) is 29.7 Å². The lowest BCUT2D eigenvalue weighted by Gasteiger charge is -2.16. The zero-order chi connectivity index (χ0) is 11.1. The van der Waals surface area contributed by atoms with Crippen molar-refractivity contribution in [2.24, 2.45) is 5.16 Å². The smallest absolute Gasteiger partial charge is 0.210 e. The van der Waals surface area contributed by atoms with Gasteiger partial charge < -0.3 is 5.21 Å². The molecule has 0 saturated carbocycles. The first-order valence-corrected chi connectivity index (χ1v) is 6.32. The number of hydrogen-bond donors (Lipinski definition) is 1. The van der Waals surface area contributed by atoms with E-state index in [1.165, 1.54) is 10.5 Å². The minimum Gasteiger partial charge on any atom is -0.411 e. The van der Waals surface area contributed by atoms with E-state index in [-0.39, 0.29) is 11.5 Å². The predicted molar refractivity (Wildman–Crippen MR) is 62.7 cm³/mol. The van der Waals surface area contributed by atoms with Gasteiger partial charge in [-0.3, -0.25) is 4.79 Å². The number of nitrogens with zero attached hydrogens (tertiary/aromatic N) is 1. The predicted octanol–water partition coefficient (Wildman–Crippen LogP) is 2.29. The largest absolute Gasteiger partial charge is 0.411 e. The van der Waals surface area contributed by atoms with Crippen molar-refractivity contribution in [3.05, 3.63) is 28.8 Å². The van der Waals surface area contributed by atoms with Crippen LogP contribution in [0.4, 0.5) is 0 Å². The number of ketones is 1. The Hall–Kier alpha value is -1.29. The molecule has 0 spiro atoms. The number of hydrogen-bond acceptors (Lipinski definition) is 4. The average molecular weight is 233 g/mol. The van der Waals surface area contributed by atoms with Crippen LogP contribution < -0.4 is 0 Å². The number of aryl methyl sites for hydroxylation is 2. The summed E-state index contributed by atoms with van der Waals surface area (Å²) in [5.41, 5.74) is 3.49. The molecule has 0 saturated heterocycles. The standard InChI is InChI=1S/C12H11NO2S/c14-12-9-6-11-8(3-4-16-11)5-7(9)1-2-10(12)13-15/h5-6,15H,1-4H2. The second-order valence-electron chi connectivity index (χ2n) is 4.09. The molecule has 1 N–H and O–H groups in total. The minimum atomic E-state index is -0.112. The summed E-state index contributed by atoms with van der Waals surface area (Å²) in [5.74, 6) is 0.993. The van der Waals surface area contributed by atoms with Crippen LogP contribution in [0.25, 0.3) is 0 Å². The number of thioether (sulfide) groups is 1. The second kappa shape index (κ2) is 3.63. The van der Waals surface area contributed by atoms with Gasteiger partial charge in [0.1, 0.15) is 5.71 Å². The number of rotatable bonds is 0. The van der Waals surface area contributed by atoms with E-state index in [1.807, 2.05) is 6.07 Å². The van der Waals surface area contributed by atoms with Gasteiger partial charge in [0.25, 0.3) is 0 Å². The van der Waals surface area contributed by atoms with Crippen LogP contribution in [-0.4, -0.2) is 22.5 Å². The van der Waals surface area contributed by atoms with Crippen molar-refractivity contribution in [1.82, 2.24) is 0 Å². The SMILES string of the molecule is O=C1C(=NO)CCc2cc3c(cc21)SCC3. The highest BCUT2D eigenvalue weighted by Gasteiger charge is 2.26. The lowest BCUT2D eigenvalue weighted by molar-refractivity contribution is 0.105. The molecule has 0 radical (unpaired) electrons. The maximum Gasteiger partial charge on any atom is 0.210 e. The highest BCUT2D eigenvalue weighted by Crippen LogP contribution is 2.35. The molecule has 1 aliphatic heterocycles. The summed E-state index contributed by atoms with van der Waals surface area (Å²) in [6, 6.07) is 4.12. The lowest BCUT2D eigenvalue weighted by Crippen LogP contribution is -2.22. The van der Waals surface area contributed by atoms with Gasteiger partial charge in [0.15, 0.2) is 0 Å². The first-order chi connectivity index (χ1) is 7.79. The van der Waals surface area contributed by atoms with Crippen molar-refractivity contribution in [2.75, 3.05) is 5.75 Å². The molecule has 1 aromatic carbocycles. The van der Waals surface area contributed by atoms with Gasteiger partial charge in [0, 0.05) is 22.6 Å². The van der Waals surface area contributed by atoms with Crippen molar-refractivity contribution in [3.8, 4) is 0 Å². The van der Waals surface area contributed by atoms with Crippen LogP contribution in [0.2, 0.25) is 0 Å². The molecule has 1 aliphatic carbocycles. The molecule has 0 amide bonds. The van der Waals surface area contributed by atoms with Crippen molar-refractivity contribution in [2.45, 2.75) is 24.2 Å². The van der Waals surface area contributed by atoms with E-state index in [9.17, 15) is 4.79 Å². The highest BCUT2D eigenvalue weighted by molar-refractivity contribution is 7.99. The second-order valence-corrected chi connectivity index (χ2v) is 5.23. The van der Waals surface area contributed by atoms with Crippen LogP contribution in [0, 0.1) is 0 Å². The number of benzene rings is 1. The Morgan fingerprint density at radius 3 is 2.88 bits per heavy atom. The molecule has 0 bridgehead atoms. The number of oxime groups is 1. The Bertz CT molecular complexity index is 508. The lowest BCUT2D eigenvalue weighted by atomic mass is 9.88. The Morgan fingerprint density at radius 2 is 2.06 bits per heavy atom. The summed E-state index contributed by atoms with van der Waals surface area (Å²) < 4.78 is 0. The number of carbonyl (C=O) groups is 1. The first-order valence-electron chi connectivity index (χ1n) is 5.34. The van der Waals surface area contributed by atoms with Crippen LogP contribution in [0.3, 0.4) is 0 Å². The molecule has 1 aromatic rings. The molecular weight excluding hydrogens is 222 g/mol. The Balaban J connectivity index is 2.14. The summed E-state index contributed by atoms with van der Waals surface area (Å²) in [4.78, 5) is 13.2. The first kappa shape index (κ1) is 9.90. The number of Topliss-reactive ketones (excluding diaryl/α,β-unsaturated/α-hetero) is 1. The van der Waals surface area contributed by atoms with Gasteiger partial charge in [-0.2, -0.15) is 0 Å². The molecule has 0 aromatic heterocycles. The zero-order valence-electron chi connectivity index (χ0n) is 8.69. The molecule has 0 unspecified atom stereocenters. The number of carbonyl (C=O) groups excluding carboxylic acids is 1. The zero-order valence-corrected chi connectivity index (χ0v) is 9.51. The topological polar surface area (TPSA) is 49.7 Å². The molecule has 0 atom stereocenters. The van der Waals surface area contributed by atoms with E-state index in [0.29, 0.717) is 6.42 Å². The molecule has 4 heteroatoms. The van der Waals surface area contributed by atoms with Crippen molar-refractivity contribution < 1.29 is 10.0 Å². The monoisotopic (exact) mass is 233 g/mol. The molecule has 3 rings (SSSR count). The third kappa shape index (κ3) is 1.37. The summed E-state index contributed by atoms with van der Waals surface area (Å²) in [6.07, 6.45) is 2.45. The third-order valence-electron chi connectivity index (χ3n) is 3.17. The number of fused-ring (bicyclic) bond motifs is 2. The van der Waals surface area contributed by atoms with Gasteiger partial charge in [0.2, 0.25) is 5.78 Å². The fraction of sp³-hybridized carbons (Fsp3) is 0.333. The Kier molecular flexibility index (Phi) is 2.24. The van der Waals surface area contributed by atoms with Crippen molar-refractivity contribution in [3.63, 3.8) is 0 Å². The normalized spacial score (nSPS) is 21.0. The maximum absolute atomic E-state index is 11.9. The van der Waals surface area contributed by atoms with E-state index in [1.54, 1.807) is 11.8 Å². The summed E-state index contributed by atoms with van der Waals surface area (Å²) in [5, 5.41) is 11.8. The van der Waals surface area contributed by atoms with Gasteiger partial charge in [0.05, 0.1) is 0 Å². The third-order valence-corrected chi connectivity index (χ3v) is 4.27. The van der Waals surface area contributed by atoms with Gasteiger partial charge in [-0.1, -0.05) is 11.2 Å². The fourth-order valence-corrected chi connectivity index (χ4v) is 3.40. The average Bonchev–Trinajstić information content (AvgIpc) is 2.74. The van der Waals surface area contributed by atoms with E-state index in [4.69, 9.17) is 5.21 Å². The molecule has 0 fully saturated rings. The fourth-order valence-electron chi connectivity index (χ4n) is 2.31. The van der Waals surface area contributed by atoms with Crippen molar-refractivity contribution in [1.29, 1.82) is 0 Å². The highest BCUT2D eigenvalue weighted by atomic mass is 32.2. The van der Waals surface area contributed by atoms with E-state index in [2.05, 4.69) is 11.2 Å². The molecule has 82 valence electrons. The summed E-state index contributed by atoms with van der Waals surface area (Å²) >= 11 is 1.80. The van der Waals surface area contributed by atoms with Gasteiger partial charge in [-0.15, -0.1) is 11.8 Å². The maximum atomic E-state index is 11.9. The van der Waals surface area contributed by atoms with Gasteiger partial charge >= 0.3 is 0 Å². The molecular formula is C12H11NO2S. The minimum absolute atomic E-state index is 0.112. The molecule has 1 heterocycles. The molecule has 16 heavy (non-hydrogen) atoms. The van der Waals surface area contributed by atoms with Crippen LogP contribution in [0.1, 0.15) is 27.9 Å². The van der Waals surface area contributed by atoms with E-state index >= 15 is 0 Å². The van der Waals surface area contributed by atoms with Gasteiger partial charge in [-0.25, -0.2) is 0 Å². The van der Waals surface area contributed by atoms with Crippen molar-refractivity contribution >= 4 is 23.3 Å². The molecule has 3 nitrogen and oxygen atoms in total. The van der Waals surface area contributed by atoms with Crippen LogP contribution >= 0.6 is 11.8 Å². The summed E-state index contributed by atoms with van der Waals surface area (Å²) in [6.45, 7) is 0. The van der Waals surface area contributed by atoms with Crippen LogP contribution in [0.15, 0.2) is 22.2 Å². The van der Waals surface area contributed by atoms with Crippen LogP contribution in [-0.2, 0) is 12.8 Å². The van der Waals surface area contributed by atoms with Gasteiger partial charge in [-0.05, 0) is 30.0 Å². The quantitative estimate of drug-likeness (QED) is 0.552.